The Bertz CT molecular complexity index is 564. The molecule has 0 spiro atoms. The molecule has 3 aromatic rings. The van der Waals surface area contributed by atoms with E-state index < -0.39 is 0 Å². The first-order valence-corrected chi connectivity index (χ1v) is 7.83. The van der Waals surface area contributed by atoms with Gasteiger partial charge in [-0.15, -0.1) is 17.2 Å². The molecule has 3 rings (SSSR count). The van der Waals surface area contributed by atoms with Crippen LogP contribution in [0, 0.1) is 0 Å². The molecule has 3 nitrogen and oxygen atoms in total. The Kier molecular flexibility index (Phi) is 18.7. The minimum atomic E-state index is 0. The molecule has 0 aliphatic carbocycles. The molecule has 0 aliphatic rings. The summed E-state index contributed by atoms with van der Waals surface area (Å²) in [5, 5.41) is 30.8. The Morgan fingerprint density at radius 2 is 0.654 bits per heavy atom. The van der Waals surface area contributed by atoms with Crippen molar-refractivity contribution in [1.82, 2.24) is 0 Å². The molecule has 0 aromatic heterocycles. The van der Waals surface area contributed by atoms with Crippen molar-refractivity contribution >= 4 is 0 Å². The molecular weight excluding hydrogens is 360 g/mol. The van der Waals surface area contributed by atoms with Gasteiger partial charge in [-0.3, -0.25) is 0 Å². The van der Waals surface area contributed by atoms with Crippen molar-refractivity contribution in [3.05, 3.63) is 103 Å². The minimum Gasteiger partial charge on any atom is -0.872 e. The van der Waals surface area contributed by atoms with Crippen LogP contribution in [0.5, 0.6) is 17.2 Å². The van der Waals surface area contributed by atoms with Crippen molar-refractivity contribution in [1.29, 1.82) is 0 Å². The van der Waals surface area contributed by atoms with Crippen molar-refractivity contribution in [2.45, 2.75) is 13.8 Å². The van der Waals surface area contributed by atoms with Gasteiger partial charge in [-0.25, -0.2) is 0 Å². The van der Waals surface area contributed by atoms with E-state index in [4.69, 9.17) is 0 Å². The van der Waals surface area contributed by atoms with Crippen LogP contribution in [0.4, 0.5) is 0 Å². The molecule has 1 radical (unpaired) electrons. The zero-order chi connectivity index (χ0) is 18.8. The number of rotatable bonds is 0. The fraction of sp³-hybridized carbons (Fsp3) is 0.0909. The molecule has 0 saturated heterocycles. The van der Waals surface area contributed by atoms with Crippen molar-refractivity contribution in [3.63, 3.8) is 0 Å². The van der Waals surface area contributed by atoms with Crippen molar-refractivity contribution < 1.29 is 37.0 Å². The van der Waals surface area contributed by atoms with Gasteiger partial charge in [-0.05, 0) is 13.8 Å². The molecule has 4 heteroatoms. The zero-order valence-corrected chi connectivity index (χ0v) is 16.6. The number of para-hydroxylation sites is 3. The summed E-state index contributed by atoms with van der Waals surface area (Å²) in [6, 6.07) is 25.0. The number of hydrogen-bond donors (Lipinski definition) is 0. The molecule has 0 amide bonds. The van der Waals surface area contributed by atoms with Crippen LogP contribution in [-0.2, 0) is 21.7 Å². The molecule has 0 heterocycles. The number of hydrogen-bond acceptors (Lipinski definition) is 3. The van der Waals surface area contributed by atoms with Gasteiger partial charge >= 0.3 is 21.7 Å². The maximum atomic E-state index is 10.3. The van der Waals surface area contributed by atoms with E-state index in [2.05, 4.69) is 0 Å². The summed E-state index contributed by atoms with van der Waals surface area (Å²) in [5.74, 6) is 0.215. The van der Waals surface area contributed by atoms with Gasteiger partial charge in [0, 0.05) is 0 Å². The smallest absolute Gasteiger partial charge is 0.872 e. The summed E-state index contributed by atoms with van der Waals surface area (Å²) in [6.45, 7) is 4.00. The minimum absolute atomic E-state index is 0. The van der Waals surface area contributed by atoms with E-state index in [0.717, 1.165) is 0 Å². The van der Waals surface area contributed by atoms with Crippen LogP contribution in [0.2, 0.25) is 0 Å². The second-order valence-corrected chi connectivity index (χ2v) is 4.61. The van der Waals surface area contributed by atoms with Gasteiger partial charge in [0.25, 0.3) is 0 Å². The summed E-state index contributed by atoms with van der Waals surface area (Å²) in [7, 11) is 0. The van der Waals surface area contributed by atoms with Gasteiger partial charge in [0.2, 0.25) is 0 Å². The van der Waals surface area contributed by atoms with E-state index in [1.165, 1.54) is 36.4 Å². The third-order valence-electron chi connectivity index (χ3n) is 2.56. The first-order chi connectivity index (χ1) is 12.1. The molecule has 0 atom stereocenters. The van der Waals surface area contributed by atoms with Crippen molar-refractivity contribution in [2.75, 3.05) is 0 Å². The Hall–Kier alpha value is -2.49. The van der Waals surface area contributed by atoms with Gasteiger partial charge in [0.1, 0.15) is 0 Å². The van der Waals surface area contributed by atoms with E-state index in [1.54, 1.807) is 36.4 Å². The molecule has 0 fully saturated rings. The summed E-state index contributed by atoms with van der Waals surface area (Å²) >= 11 is 0. The SMILES string of the molecule is C/C=C/C.[O-]c1ccccc1.[O-]c1ccccc1.[O-]c1ccccc1.[Ti+3]. The van der Waals surface area contributed by atoms with Crippen LogP contribution in [0.25, 0.3) is 0 Å². The molecule has 0 unspecified atom stereocenters. The average Bonchev–Trinajstić information content (AvgIpc) is 2.65. The molecular formula is C22H23O3Ti. The van der Waals surface area contributed by atoms with Crippen LogP contribution < -0.4 is 15.3 Å². The molecule has 0 saturated carbocycles. The first kappa shape index (κ1) is 25.8. The van der Waals surface area contributed by atoms with E-state index >= 15 is 0 Å². The molecule has 0 N–H and O–H groups in total. The normalized spacial score (nSPS) is 8.38. The van der Waals surface area contributed by atoms with Gasteiger partial charge in [-0.1, -0.05) is 103 Å². The number of allylic oxidation sites excluding steroid dienone is 2. The van der Waals surface area contributed by atoms with Gasteiger partial charge < -0.3 is 15.3 Å². The average molecular weight is 383 g/mol. The Balaban J connectivity index is 0. The molecule has 26 heavy (non-hydrogen) atoms. The van der Waals surface area contributed by atoms with Crippen molar-refractivity contribution in [3.8, 4) is 17.2 Å². The summed E-state index contributed by atoms with van der Waals surface area (Å²) < 4.78 is 0. The monoisotopic (exact) mass is 383 g/mol. The Morgan fingerprint density at radius 3 is 0.731 bits per heavy atom. The standard InChI is InChI=1S/3C6H6O.C4H8.Ti/c3*7-6-4-2-1-3-5-6;1-3-4-2;/h3*1-5,7H;3-4H,1-2H3;/q;;;;+3/p-3/b;;;4-3+;. The van der Waals surface area contributed by atoms with Gasteiger partial charge in [-0.2, -0.15) is 0 Å². The maximum Gasteiger partial charge on any atom is 3.00 e. The van der Waals surface area contributed by atoms with E-state index in [0.29, 0.717) is 0 Å². The van der Waals surface area contributed by atoms with Crippen LogP contribution in [0.3, 0.4) is 0 Å². The topological polar surface area (TPSA) is 69.2 Å². The molecule has 0 aliphatic heterocycles. The van der Waals surface area contributed by atoms with Gasteiger partial charge in [0.15, 0.2) is 0 Å². The third-order valence-corrected chi connectivity index (χ3v) is 2.56. The number of benzene rings is 3. The van der Waals surface area contributed by atoms with Crippen molar-refractivity contribution in [2.24, 2.45) is 0 Å². The largest absolute Gasteiger partial charge is 3.00 e. The zero-order valence-electron chi connectivity index (χ0n) is 15.0. The van der Waals surface area contributed by atoms with E-state index in [-0.39, 0.29) is 39.0 Å². The Labute approximate surface area is 171 Å². The summed E-state index contributed by atoms with van der Waals surface area (Å²) in [5.41, 5.74) is 0. The molecule has 3 aromatic carbocycles. The van der Waals surface area contributed by atoms with Crippen LogP contribution >= 0.6 is 0 Å². The molecule has 0 bridgehead atoms. The predicted octanol–water partition coefficient (Wildman–Crippen LogP) is 3.86. The van der Waals surface area contributed by atoms with E-state index in [1.807, 2.05) is 44.2 Å². The summed E-state index contributed by atoms with van der Waals surface area (Å²) in [6.07, 6.45) is 4.00. The Morgan fingerprint density at radius 1 is 0.462 bits per heavy atom. The van der Waals surface area contributed by atoms with Gasteiger partial charge in [0.05, 0.1) is 0 Å². The summed E-state index contributed by atoms with van der Waals surface area (Å²) in [4.78, 5) is 0. The fourth-order valence-corrected chi connectivity index (χ4v) is 1.26. The van der Waals surface area contributed by atoms with Crippen LogP contribution in [-0.4, -0.2) is 0 Å². The second-order valence-electron chi connectivity index (χ2n) is 4.61. The second kappa shape index (κ2) is 18.8. The maximum absolute atomic E-state index is 10.3. The fourth-order valence-electron chi connectivity index (χ4n) is 1.26. The quantitative estimate of drug-likeness (QED) is 0.437. The molecule has 133 valence electrons. The predicted molar refractivity (Wildman–Crippen MR) is 98.2 cm³/mol. The van der Waals surface area contributed by atoms with E-state index in [9.17, 15) is 15.3 Å². The van der Waals surface area contributed by atoms with Crippen LogP contribution in [0.15, 0.2) is 103 Å². The van der Waals surface area contributed by atoms with Crippen LogP contribution in [0.1, 0.15) is 13.8 Å². The first-order valence-electron chi connectivity index (χ1n) is 7.83. The third kappa shape index (κ3) is 17.9.